The Morgan fingerprint density at radius 3 is 2.55 bits per heavy atom. The van der Waals surface area contributed by atoms with Crippen LogP contribution in [0.4, 0.5) is 0 Å². The Labute approximate surface area is 124 Å². The van der Waals surface area contributed by atoms with E-state index >= 15 is 0 Å². The van der Waals surface area contributed by atoms with Crippen molar-refractivity contribution in [3.63, 3.8) is 0 Å². The third-order valence-corrected chi connectivity index (χ3v) is 3.53. The maximum atomic E-state index is 5.14. The number of aliphatic imine (C=N–C) groups is 1. The van der Waals surface area contributed by atoms with Crippen molar-refractivity contribution in [2.24, 2.45) is 4.99 Å². The second-order valence-electron chi connectivity index (χ2n) is 5.52. The van der Waals surface area contributed by atoms with Crippen LogP contribution in [0.3, 0.4) is 0 Å². The summed E-state index contributed by atoms with van der Waals surface area (Å²) in [6.07, 6.45) is 5.46. The second kappa shape index (κ2) is 10.9. The van der Waals surface area contributed by atoms with Gasteiger partial charge in [-0.15, -0.1) is 0 Å². The quantitative estimate of drug-likeness (QED) is 0.549. The molecule has 0 aromatic carbocycles. The zero-order valence-corrected chi connectivity index (χ0v) is 13.5. The predicted octanol–water partition coefficient (Wildman–Crippen LogP) is 1.45. The van der Waals surface area contributed by atoms with E-state index in [2.05, 4.69) is 34.4 Å². The molecule has 1 rings (SSSR count). The van der Waals surface area contributed by atoms with Crippen LogP contribution in [0, 0.1) is 0 Å². The molecule has 0 amide bonds. The van der Waals surface area contributed by atoms with E-state index in [9.17, 15) is 0 Å². The van der Waals surface area contributed by atoms with Gasteiger partial charge in [-0.1, -0.05) is 12.8 Å². The van der Waals surface area contributed by atoms with Gasteiger partial charge in [-0.3, -0.25) is 4.99 Å². The second-order valence-corrected chi connectivity index (χ2v) is 5.52. The van der Waals surface area contributed by atoms with Crippen LogP contribution >= 0.6 is 0 Å². The first-order valence-electron chi connectivity index (χ1n) is 8.02. The Morgan fingerprint density at radius 2 is 1.95 bits per heavy atom. The number of likely N-dealkylation sites (tertiary alicyclic amines) is 1. The van der Waals surface area contributed by atoms with Crippen molar-refractivity contribution in [2.75, 3.05) is 46.4 Å². The lowest BCUT2D eigenvalue weighted by Gasteiger charge is -2.20. The van der Waals surface area contributed by atoms with Crippen LogP contribution in [-0.2, 0) is 4.74 Å². The smallest absolute Gasteiger partial charge is 0.191 e. The van der Waals surface area contributed by atoms with Crippen LogP contribution in [0.1, 0.15) is 39.5 Å². The number of hydrogen-bond acceptors (Lipinski definition) is 3. The summed E-state index contributed by atoms with van der Waals surface area (Å²) >= 11 is 0. The van der Waals surface area contributed by atoms with Crippen molar-refractivity contribution < 1.29 is 4.74 Å². The highest BCUT2D eigenvalue weighted by Crippen LogP contribution is 2.08. The number of guanidine groups is 1. The lowest BCUT2D eigenvalue weighted by molar-refractivity contribution is 0.179. The van der Waals surface area contributed by atoms with Gasteiger partial charge in [0.15, 0.2) is 5.96 Å². The highest BCUT2D eigenvalue weighted by atomic mass is 16.5. The Bertz CT molecular complexity index is 263. The van der Waals surface area contributed by atoms with E-state index < -0.39 is 0 Å². The molecule has 1 unspecified atom stereocenters. The topological polar surface area (TPSA) is 48.9 Å². The molecule has 0 bridgehead atoms. The van der Waals surface area contributed by atoms with Gasteiger partial charge in [-0.05, 0) is 39.8 Å². The minimum Gasteiger partial charge on any atom is -0.383 e. The van der Waals surface area contributed by atoms with Crippen LogP contribution in [-0.4, -0.2) is 63.3 Å². The van der Waals surface area contributed by atoms with Gasteiger partial charge in [0, 0.05) is 26.2 Å². The summed E-state index contributed by atoms with van der Waals surface area (Å²) in [7, 11) is 1.72. The summed E-state index contributed by atoms with van der Waals surface area (Å²) in [6.45, 7) is 10.2. The van der Waals surface area contributed by atoms with Gasteiger partial charge in [0.05, 0.1) is 13.2 Å². The Hall–Kier alpha value is -0.810. The minimum absolute atomic E-state index is 0.274. The molecule has 1 fully saturated rings. The molecule has 1 heterocycles. The molecule has 1 aliphatic rings. The molecule has 1 saturated heterocycles. The van der Waals surface area contributed by atoms with Gasteiger partial charge in [-0.25, -0.2) is 0 Å². The van der Waals surface area contributed by atoms with Crippen molar-refractivity contribution in [3.05, 3.63) is 0 Å². The Balaban J connectivity index is 2.33. The van der Waals surface area contributed by atoms with E-state index in [1.165, 1.54) is 38.8 Å². The normalized spacial score (nSPS) is 19.4. The van der Waals surface area contributed by atoms with E-state index in [0.717, 1.165) is 25.6 Å². The molecule has 0 aromatic rings. The lowest BCUT2D eigenvalue weighted by atomic mass is 10.2. The number of methoxy groups -OCH3 is 1. The minimum atomic E-state index is 0.274. The molecule has 0 radical (unpaired) electrons. The number of hydrogen-bond donors (Lipinski definition) is 2. The van der Waals surface area contributed by atoms with E-state index in [1.54, 1.807) is 7.11 Å². The number of nitrogens with one attached hydrogen (secondary N) is 2. The number of nitrogens with zero attached hydrogens (tertiary/aromatic N) is 2. The zero-order chi connectivity index (χ0) is 14.6. The van der Waals surface area contributed by atoms with Gasteiger partial charge < -0.3 is 20.3 Å². The predicted molar refractivity (Wildman–Crippen MR) is 85.4 cm³/mol. The fourth-order valence-corrected chi connectivity index (χ4v) is 2.51. The molecule has 0 saturated carbocycles. The van der Waals surface area contributed by atoms with Gasteiger partial charge in [0.25, 0.3) is 0 Å². The summed E-state index contributed by atoms with van der Waals surface area (Å²) in [6, 6.07) is 0.274. The summed E-state index contributed by atoms with van der Waals surface area (Å²) in [5.74, 6) is 0.895. The molecule has 5 heteroatoms. The first-order valence-corrected chi connectivity index (χ1v) is 8.02. The maximum absolute atomic E-state index is 5.14. The molecular formula is C15H32N4O. The van der Waals surface area contributed by atoms with Gasteiger partial charge >= 0.3 is 0 Å². The van der Waals surface area contributed by atoms with E-state index in [4.69, 9.17) is 4.74 Å². The highest BCUT2D eigenvalue weighted by molar-refractivity contribution is 5.80. The summed E-state index contributed by atoms with van der Waals surface area (Å²) in [4.78, 5) is 7.20. The average Bonchev–Trinajstić information content (AvgIpc) is 2.68. The van der Waals surface area contributed by atoms with Crippen LogP contribution in [0.5, 0.6) is 0 Å². The van der Waals surface area contributed by atoms with Crippen LogP contribution in [0.25, 0.3) is 0 Å². The van der Waals surface area contributed by atoms with Crippen molar-refractivity contribution in [3.8, 4) is 0 Å². The molecule has 1 aliphatic heterocycles. The Kier molecular flexibility index (Phi) is 9.41. The molecule has 1 atom stereocenters. The van der Waals surface area contributed by atoms with Crippen LogP contribution in [0.2, 0.25) is 0 Å². The molecule has 0 aromatic heterocycles. The zero-order valence-electron chi connectivity index (χ0n) is 13.5. The van der Waals surface area contributed by atoms with Crippen molar-refractivity contribution in [2.45, 2.75) is 45.6 Å². The van der Waals surface area contributed by atoms with E-state index in [1.807, 2.05) is 0 Å². The first-order chi connectivity index (χ1) is 9.76. The lowest BCUT2D eigenvalue weighted by Crippen LogP contribution is -2.44. The number of rotatable bonds is 7. The monoisotopic (exact) mass is 284 g/mol. The summed E-state index contributed by atoms with van der Waals surface area (Å²) in [5, 5.41) is 6.65. The molecule has 0 spiro atoms. The maximum Gasteiger partial charge on any atom is 0.191 e. The SMILES string of the molecule is CCNC(=NCCN1CCCCCC1)NC(C)COC. The fraction of sp³-hybridized carbons (Fsp3) is 0.933. The number of ether oxygens (including phenoxy) is 1. The third-order valence-electron chi connectivity index (χ3n) is 3.53. The van der Waals surface area contributed by atoms with Crippen molar-refractivity contribution in [1.82, 2.24) is 15.5 Å². The molecule has 2 N–H and O–H groups in total. The van der Waals surface area contributed by atoms with Crippen LogP contribution in [0.15, 0.2) is 4.99 Å². The largest absolute Gasteiger partial charge is 0.383 e. The fourth-order valence-electron chi connectivity index (χ4n) is 2.51. The Morgan fingerprint density at radius 1 is 1.25 bits per heavy atom. The molecule has 5 nitrogen and oxygen atoms in total. The summed E-state index contributed by atoms with van der Waals surface area (Å²) < 4.78 is 5.14. The van der Waals surface area contributed by atoms with Crippen molar-refractivity contribution >= 4 is 5.96 Å². The molecular weight excluding hydrogens is 252 g/mol. The average molecular weight is 284 g/mol. The van der Waals surface area contributed by atoms with Crippen molar-refractivity contribution in [1.29, 1.82) is 0 Å². The summed E-state index contributed by atoms with van der Waals surface area (Å²) in [5.41, 5.74) is 0. The third kappa shape index (κ3) is 7.70. The molecule has 0 aliphatic carbocycles. The van der Waals surface area contributed by atoms with Crippen LogP contribution < -0.4 is 10.6 Å². The van der Waals surface area contributed by atoms with E-state index in [0.29, 0.717) is 6.61 Å². The van der Waals surface area contributed by atoms with Gasteiger partial charge in [0.1, 0.15) is 0 Å². The standard InChI is InChI=1S/C15H32N4O/c1-4-16-15(18-14(2)13-20-3)17-9-12-19-10-7-5-6-8-11-19/h14H,4-13H2,1-3H3,(H2,16,17,18). The van der Waals surface area contributed by atoms with Gasteiger partial charge in [0.2, 0.25) is 0 Å². The molecule has 118 valence electrons. The molecule has 20 heavy (non-hydrogen) atoms. The van der Waals surface area contributed by atoms with E-state index in [-0.39, 0.29) is 6.04 Å². The first kappa shape index (κ1) is 17.2. The van der Waals surface area contributed by atoms with Gasteiger partial charge in [-0.2, -0.15) is 0 Å². The highest BCUT2D eigenvalue weighted by Gasteiger charge is 2.08.